The van der Waals surface area contributed by atoms with E-state index < -0.39 is 0 Å². The highest BCUT2D eigenvalue weighted by Crippen LogP contribution is 2.20. The molecular formula is C15H23NO. The molecule has 0 aliphatic carbocycles. The lowest BCUT2D eigenvalue weighted by atomic mass is 9.93. The molecule has 1 aliphatic heterocycles. The molecule has 17 heavy (non-hydrogen) atoms. The first-order valence-electron chi connectivity index (χ1n) is 6.69. The van der Waals surface area contributed by atoms with Gasteiger partial charge in [-0.15, -0.1) is 0 Å². The summed E-state index contributed by atoms with van der Waals surface area (Å²) < 4.78 is 5.39. The summed E-state index contributed by atoms with van der Waals surface area (Å²) in [4.78, 5) is 0. The van der Waals surface area contributed by atoms with E-state index in [2.05, 4.69) is 42.6 Å². The molecule has 2 rings (SSSR count). The highest BCUT2D eigenvalue weighted by atomic mass is 16.5. The molecule has 1 heterocycles. The Morgan fingerprint density at radius 3 is 2.65 bits per heavy atom. The molecule has 1 aliphatic rings. The van der Waals surface area contributed by atoms with E-state index >= 15 is 0 Å². The van der Waals surface area contributed by atoms with Crippen LogP contribution >= 0.6 is 0 Å². The monoisotopic (exact) mass is 233 g/mol. The van der Waals surface area contributed by atoms with Crippen LogP contribution in [-0.4, -0.2) is 19.3 Å². The van der Waals surface area contributed by atoms with E-state index in [9.17, 15) is 0 Å². The normalized spacial score (nSPS) is 19.1. The molecule has 0 amide bonds. The molecule has 0 spiro atoms. The average molecular weight is 233 g/mol. The third-order valence-corrected chi connectivity index (χ3v) is 3.53. The Balaban J connectivity index is 1.68. The van der Waals surface area contributed by atoms with Gasteiger partial charge in [0, 0.05) is 25.8 Å². The van der Waals surface area contributed by atoms with Gasteiger partial charge in [0.25, 0.3) is 0 Å². The van der Waals surface area contributed by atoms with E-state index in [-0.39, 0.29) is 0 Å². The smallest absolute Gasteiger partial charge is 0.0468 e. The lowest BCUT2D eigenvalue weighted by molar-refractivity contribution is 0.0611. The lowest BCUT2D eigenvalue weighted by Gasteiger charge is -2.25. The molecule has 1 aromatic rings. The summed E-state index contributed by atoms with van der Waals surface area (Å²) in [5, 5.41) is 3.61. The minimum atomic E-state index is 0.596. The Morgan fingerprint density at radius 1 is 1.24 bits per heavy atom. The van der Waals surface area contributed by atoms with Gasteiger partial charge in [-0.05, 0) is 37.7 Å². The van der Waals surface area contributed by atoms with E-state index in [1.807, 2.05) is 0 Å². The molecule has 0 unspecified atom stereocenters. The third kappa shape index (κ3) is 4.49. The number of hydrogen-bond donors (Lipinski definition) is 1. The predicted octanol–water partition coefficient (Wildman–Crippen LogP) is 2.98. The summed E-state index contributed by atoms with van der Waals surface area (Å²) in [5.41, 5.74) is 1.37. The summed E-state index contributed by atoms with van der Waals surface area (Å²) in [7, 11) is 0. The maximum atomic E-state index is 5.39. The van der Waals surface area contributed by atoms with Crippen LogP contribution in [0.25, 0.3) is 0 Å². The van der Waals surface area contributed by atoms with Gasteiger partial charge in [0.05, 0.1) is 0 Å². The van der Waals surface area contributed by atoms with E-state index in [0.717, 1.165) is 25.7 Å². The van der Waals surface area contributed by atoms with Gasteiger partial charge in [0.15, 0.2) is 0 Å². The molecule has 1 aromatic carbocycles. The molecule has 1 N–H and O–H groups in total. The van der Waals surface area contributed by atoms with Crippen molar-refractivity contribution in [1.29, 1.82) is 0 Å². The van der Waals surface area contributed by atoms with Crippen LogP contribution in [0.1, 0.15) is 31.7 Å². The quantitative estimate of drug-likeness (QED) is 0.844. The Bertz CT molecular complexity index is 306. The average Bonchev–Trinajstić information content (AvgIpc) is 2.39. The molecule has 1 fully saturated rings. The number of nitrogens with one attached hydrogen (secondary N) is 1. The Kier molecular flexibility index (Phi) is 5.02. The van der Waals surface area contributed by atoms with Gasteiger partial charge in [-0.2, -0.15) is 0 Å². The van der Waals surface area contributed by atoms with E-state index in [0.29, 0.717) is 6.04 Å². The van der Waals surface area contributed by atoms with Crippen LogP contribution in [0.15, 0.2) is 30.3 Å². The Morgan fingerprint density at radius 2 is 1.94 bits per heavy atom. The summed E-state index contributed by atoms with van der Waals surface area (Å²) >= 11 is 0. The SMILES string of the molecule is C[C@H](CC1CCOCC1)NCc1ccccc1. The number of benzene rings is 1. The predicted molar refractivity (Wildman–Crippen MR) is 70.9 cm³/mol. The molecule has 2 nitrogen and oxygen atoms in total. The van der Waals surface area contributed by atoms with Crippen LogP contribution < -0.4 is 5.32 Å². The highest BCUT2D eigenvalue weighted by Gasteiger charge is 2.16. The van der Waals surface area contributed by atoms with Gasteiger partial charge in [-0.3, -0.25) is 0 Å². The first-order valence-corrected chi connectivity index (χ1v) is 6.69. The molecule has 94 valence electrons. The van der Waals surface area contributed by atoms with Gasteiger partial charge < -0.3 is 10.1 Å². The molecule has 0 aromatic heterocycles. The van der Waals surface area contributed by atoms with Crippen molar-refractivity contribution in [2.24, 2.45) is 5.92 Å². The number of ether oxygens (including phenoxy) is 1. The van der Waals surface area contributed by atoms with E-state index in [1.54, 1.807) is 0 Å². The number of rotatable bonds is 5. The lowest BCUT2D eigenvalue weighted by Crippen LogP contribution is -2.29. The van der Waals surface area contributed by atoms with Crippen LogP contribution in [0.3, 0.4) is 0 Å². The fraction of sp³-hybridized carbons (Fsp3) is 0.600. The standard InChI is InChI=1S/C15H23NO/c1-13(11-14-7-9-17-10-8-14)16-12-15-5-3-2-4-6-15/h2-6,13-14,16H,7-12H2,1H3/t13-/m1/s1. The van der Waals surface area contributed by atoms with Crippen molar-refractivity contribution in [3.63, 3.8) is 0 Å². The second-order valence-corrected chi connectivity index (χ2v) is 5.06. The van der Waals surface area contributed by atoms with Crippen LogP contribution in [-0.2, 0) is 11.3 Å². The molecular weight excluding hydrogens is 210 g/mol. The van der Waals surface area contributed by atoms with E-state index in [4.69, 9.17) is 4.74 Å². The molecule has 0 radical (unpaired) electrons. The summed E-state index contributed by atoms with van der Waals surface area (Å²) in [6, 6.07) is 11.2. The largest absolute Gasteiger partial charge is 0.381 e. The Hall–Kier alpha value is -0.860. The van der Waals surface area contributed by atoms with Crippen molar-refractivity contribution in [3.8, 4) is 0 Å². The first kappa shape index (κ1) is 12.6. The molecule has 1 saturated heterocycles. The second kappa shape index (κ2) is 6.77. The van der Waals surface area contributed by atoms with Gasteiger partial charge >= 0.3 is 0 Å². The summed E-state index contributed by atoms with van der Waals surface area (Å²) in [5.74, 6) is 0.849. The van der Waals surface area contributed by atoms with Crippen molar-refractivity contribution in [1.82, 2.24) is 5.32 Å². The van der Waals surface area contributed by atoms with Crippen molar-refractivity contribution in [2.45, 2.75) is 38.8 Å². The van der Waals surface area contributed by atoms with E-state index in [1.165, 1.54) is 24.8 Å². The zero-order valence-electron chi connectivity index (χ0n) is 10.7. The minimum absolute atomic E-state index is 0.596. The molecule has 0 saturated carbocycles. The third-order valence-electron chi connectivity index (χ3n) is 3.53. The summed E-state index contributed by atoms with van der Waals surface area (Å²) in [6.07, 6.45) is 3.74. The second-order valence-electron chi connectivity index (χ2n) is 5.06. The zero-order chi connectivity index (χ0) is 11.9. The van der Waals surface area contributed by atoms with Gasteiger partial charge in [-0.25, -0.2) is 0 Å². The first-order chi connectivity index (χ1) is 8.34. The van der Waals surface area contributed by atoms with Crippen LogP contribution in [0, 0.1) is 5.92 Å². The van der Waals surface area contributed by atoms with Crippen LogP contribution in [0.5, 0.6) is 0 Å². The zero-order valence-corrected chi connectivity index (χ0v) is 10.7. The summed E-state index contributed by atoms with van der Waals surface area (Å²) in [6.45, 7) is 5.18. The Labute approximate surface area is 104 Å². The fourth-order valence-corrected chi connectivity index (χ4v) is 2.45. The fourth-order valence-electron chi connectivity index (χ4n) is 2.45. The van der Waals surface area contributed by atoms with Crippen molar-refractivity contribution in [3.05, 3.63) is 35.9 Å². The molecule has 0 bridgehead atoms. The van der Waals surface area contributed by atoms with Crippen LogP contribution in [0.2, 0.25) is 0 Å². The van der Waals surface area contributed by atoms with Gasteiger partial charge in [-0.1, -0.05) is 30.3 Å². The maximum absolute atomic E-state index is 5.39. The van der Waals surface area contributed by atoms with Crippen molar-refractivity contribution < 1.29 is 4.74 Å². The van der Waals surface area contributed by atoms with Gasteiger partial charge in [0.2, 0.25) is 0 Å². The number of hydrogen-bond acceptors (Lipinski definition) is 2. The minimum Gasteiger partial charge on any atom is -0.381 e. The van der Waals surface area contributed by atoms with Crippen molar-refractivity contribution >= 4 is 0 Å². The molecule has 2 heteroatoms. The maximum Gasteiger partial charge on any atom is 0.0468 e. The van der Waals surface area contributed by atoms with Crippen molar-refractivity contribution in [2.75, 3.05) is 13.2 Å². The van der Waals surface area contributed by atoms with Gasteiger partial charge in [0.1, 0.15) is 0 Å². The highest BCUT2D eigenvalue weighted by molar-refractivity contribution is 5.14. The topological polar surface area (TPSA) is 21.3 Å². The van der Waals surface area contributed by atoms with Crippen LogP contribution in [0.4, 0.5) is 0 Å². The molecule has 1 atom stereocenters.